The molecule has 0 aromatic carbocycles. The van der Waals surface area contributed by atoms with Crippen molar-refractivity contribution in [1.29, 1.82) is 0 Å². The summed E-state index contributed by atoms with van der Waals surface area (Å²) in [6, 6.07) is 0. The van der Waals surface area contributed by atoms with E-state index in [4.69, 9.17) is 14.2 Å². The van der Waals surface area contributed by atoms with Crippen molar-refractivity contribution in [3.05, 3.63) is 0 Å². The Labute approximate surface area is 84.5 Å². The molecule has 1 atom stereocenters. The summed E-state index contributed by atoms with van der Waals surface area (Å²) in [7, 11) is 0. The van der Waals surface area contributed by atoms with Crippen LogP contribution in [0.25, 0.3) is 0 Å². The molecule has 0 N–H and O–H groups in total. The van der Waals surface area contributed by atoms with E-state index in [9.17, 15) is 4.79 Å². The third-order valence-electron chi connectivity index (χ3n) is 1.98. The van der Waals surface area contributed by atoms with Crippen LogP contribution in [-0.4, -0.2) is 31.1 Å². The molecule has 0 spiro atoms. The van der Waals surface area contributed by atoms with Crippen LogP contribution < -0.4 is 0 Å². The van der Waals surface area contributed by atoms with Crippen molar-refractivity contribution >= 4 is 5.78 Å². The molecule has 82 valence electrons. The molecular weight excluding hydrogens is 184 g/mol. The van der Waals surface area contributed by atoms with E-state index in [-0.39, 0.29) is 5.78 Å². The van der Waals surface area contributed by atoms with Crippen LogP contribution in [0.15, 0.2) is 0 Å². The van der Waals surface area contributed by atoms with Crippen LogP contribution in [0.3, 0.4) is 0 Å². The summed E-state index contributed by atoms with van der Waals surface area (Å²) >= 11 is 0. The molecule has 0 radical (unpaired) electrons. The molecule has 1 unspecified atom stereocenters. The van der Waals surface area contributed by atoms with Gasteiger partial charge in [-0.1, -0.05) is 0 Å². The van der Waals surface area contributed by atoms with Crippen LogP contribution in [0.5, 0.6) is 0 Å². The summed E-state index contributed by atoms with van der Waals surface area (Å²) in [6.07, 6.45) is 0.575. The summed E-state index contributed by atoms with van der Waals surface area (Å²) in [4.78, 5) is 11.4. The zero-order valence-electron chi connectivity index (χ0n) is 9.04. The predicted octanol–water partition coefficient (Wildman–Crippen LogP) is 1.48. The molecule has 1 heterocycles. The average molecular weight is 202 g/mol. The first-order valence-corrected chi connectivity index (χ1v) is 5.01. The van der Waals surface area contributed by atoms with Gasteiger partial charge in [-0.3, -0.25) is 4.79 Å². The number of carbonyl (C=O) groups is 1. The minimum absolute atomic E-state index is 0.00373. The van der Waals surface area contributed by atoms with Crippen molar-refractivity contribution in [1.82, 2.24) is 0 Å². The van der Waals surface area contributed by atoms with Crippen molar-refractivity contribution < 1.29 is 19.0 Å². The second kappa shape index (κ2) is 4.87. The number of Topliss-reactive ketones (excluding diaryl/α,β-unsaturated/α-hetero) is 1. The highest BCUT2D eigenvalue weighted by Gasteiger charge is 2.31. The summed E-state index contributed by atoms with van der Waals surface area (Å²) in [5.74, 6) is -0.754. The van der Waals surface area contributed by atoms with Gasteiger partial charge in [0.2, 0.25) is 6.29 Å². The summed E-state index contributed by atoms with van der Waals surface area (Å²) in [5.41, 5.74) is 0. The van der Waals surface area contributed by atoms with Gasteiger partial charge in [-0.25, -0.2) is 0 Å². The maximum atomic E-state index is 11.4. The molecule has 14 heavy (non-hydrogen) atoms. The van der Waals surface area contributed by atoms with Crippen LogP contribution in [0.4, 0.5) is 0 Å². The molecule has 4 nitrogen and oxygen atoms in total. The highest BCUT2D eigenvalue weighted by Crippen LogP contribution is 2.19. The number of carbonyl (C=O) groups excluding carboxylic acids is 1. The first kappa shape index (κ1) is 11.6. The van der Waals surface area contributed by atoms with Gasteiger partial charge in [0.1, 0.15) is 0 Å². The third kappa shape index (κ3) is 3.36. The van der Waals surface area contributed by atoms with Gasteiger partial charge in [0.25, 0.3) is 0 Å². The molecule has 0 aromatic rings. The molecule has 1 saturated heterocycles. The molecule has 1 rings (SSSR count). The van der Waals surface area contributed by atoms with Crippen LogP contribution in [0.1, 0.15) is 33.6 Å². The van der Waals surface area contributed by atoms with Gasteiger partial charge in [-0.2, -0.15) is 0 Å². The molecule has 0 aliphatic carbocycles. The highest BCUT2D eigenvalue weighted by atomic mass is 16.8. The Morgan fingerprint density at radius 3 is 2.86 bits per heavy atom. The molecule has 0 saturated carbocycles. The monoisotopic (exact) mass is 202 g/mol. The largest absolute Gasteiger partial charge is 0.351 e. The lowest BCUT2D eigenvalue weighted by Crippen LogP contribution is -2.41. The second-order valence-electron chi connectivity index (χ2n) is 3.72. The van der Waals surface area contributed by atoms with Gasteiger partial charge < -0.3 is 14.2 Å². The van der Waals surface area contributed by atoms with Crippen molar-refractivity contribution in [3.8, 4) is 0 Å². The molecule has 0 amide bonds. The minimum Gasteiger partial charge on any atom is -0.351 e. The van der Waals surface area contributed by atoms with E-state index < -0.39 is 12.1 Å². The van der Waals surface area contributed by atoms with Crippen LogP contribution >= 0.6 is 0 Å². The van der Waals surface area contributed by atoms with Gasteiger partial charge in [0, 0.05) is 13.0 Å². The van der Waals surface area contributed by atoms with Gasteiger partial charge in [-0.05, 0) is 27.2 Å². The Balaban J connectivity index is 2.45. The lowest BCUT2D eigenvalue weighted by molar-refractivity contribution is -0.286. The Bertz CT molecular complexity index is 200. The number of ketones is 1. The van der Waals surface area contributed by atoms with Crippen molar-refractivity contribution in [3.63, 3.8) is 0 Å². The fraction of sp³-hybridized carbons (Fsp3) is 0.900. The molecule has 0 aromatic heterocycles. The number of ether oxygens (including phenoxy) is 3. The summed E-state index contributed by atoms with van der Waals surface area (Å²) in [5, 5.41) is 0. The first-order valence-electron chi connectivity index (χ1n) is 5.01. The first-order chi connectivity index (χ1) is 6.55. The Kier molecular flexibility index (Phi) is 4.04. The van der Waals surface area contributed by atoms with Crippen molar-refractivity contribution in [2.45, 2.75) is 45.7 Å². The van der Waals surface area contributed by atoms with E-state index in [1.807, 2.05) is 6.92 Å². The second-order valence-corrected chi connectivity index (χ2v) is 3.72. The smallest absolute Gasteiger partial charge is 0.220 e. The van der Waals surface area contributed by atoms with E-state index in [0.29, 0.717) is 19.6 Å². The van der Waals surface area contributed by atoms with E-state index in [2.05, 4.69) is 0 Å². The Morgan fingerprint density at radius 2 is 2.29 bits per heavy atom. The number of hydrogen-bond acceptors (Lipinski definition) is 4. The summed E-state index contributed by atoms with van der Waals surface area (Å²) < 4.78 is 16.0. The van der Waals surface area contributed by atoms with E-state index >= 15 is 0 Å². The van der Waals surface area contributed by atoms with Crippen LogP contribution in [-0.2, 0) is 19.0 Å². The van der Waals surface area contributed by atoms with E-state index in [1.165, 1.54) is 0 Å². The minimum atomic E-state index is -0.758. The zero-order chi connectivity index (χ0) is 10.6. The number of rotatable bonds is 4. The average Bonchev–Trinajstić information content (AvgIpc) is 2.08. The van der Waals surface area contributed by atoms with Crippen LogP contribution in [0, 0.1) is 0 Å². The van der Waals surface area contributed by atoms with Gasteiger partial charge in [0.15, 0.2) is 11.6 Å². The zero-order valence-corrected chi connectivity index (χ0v) is 9.04. The topological polar surface area (TPSA) is 44.8 Å². The van der Waals surface area contributed by atoms with Gasteiger partial charge in [0.05, 0.1) is 6.61 Å². The maximum Gasteiger partial charge on any atom is 0.220 e. The fourth-order valence-corrected chi connectivity index (χ4v) is 1.39. The predicted molar refractivity (Wildman–Crippen MR) is 50.8 cm³/mol. The van der Waals surface area contributed by atoms with Gasteiger partial charge in [-0.15, -0.1) is 0 Å². The number of hydrogen-bond donors (Lipinski definition) is 0. The molecule has 4 heteroatoms. The SMILES string of the molecule is CCOC(C)(C)OC1OCCCC1=O. The Morgan fingerprint density at radius 1 is 1.57 bits per heavy atom. The normalized spacial score (nSPS) is 23.9. The van der Waals surface area contributed by atoms with Crippen molar-refractivity contribution in [2.24, 2.45) is 0 Å². The lowest BCUT2D eigenvalue weighted by atomic mass is 10.2. The lowest BCUT2D eigenvalue weighted by Gasteiger charge is -2.31. The van der Waals surface area contributed by atoms with Crippen LogP contribution in [0.2, 0.25) is 0 Å². The molecule has 0 bridgehead atoms. The highest BCUT2D eigenvalue weighted by molar-refractivity contribution is 5.82. The third-order valence-corrected chi connectivity index (χ3v) is 1.98. The quantitative estimate of drug-likeness (QED) is 0.648. The Hall–Kier alpha value is -0.450. The fourth-order valence-electron chi connectivity index (χ4n) is 1.39. The molecular formula is C10H18O4. The standard InChI is InChI=1S/C10H18O4/c1-4-13-10(2,3)14-9-8(11)6-5-7-12-9/h9H,4-7H2,1-3H3. The van der Waals surface area contributed by atoms with E-state index in [1.54, 1.807) is 13.8 Å². The van der Waals surface area contributed by atoms with Gasteiger partial charge >= 0.3 is 0 Å². The van der Waals surface area contributed by atoms with Crippen molar-refractivity contribution in [2.75, 3.05) is 13.2 Å². The molecule has 1 aliphatic heterocycles. The molecule has 1 fully saturated rings. The maximum absolute atomic E-state index is 11.4. The molecule has 1 aliphatic rings. The summed E-state index contributed by atoms with van der Waals surface area (Å²) in [6.45, 7) is 6.57. The van der Waals surface area contributed by atoms with E-state index in [0.717, 1.165) is 6.42 Å².